The molecule has 2 aromatic rings. The second kappa shape index (κ2) is 4.59. The Hall–Kier alpha value is -1.89. The average Bonchev–Trinajstić information content (AvgIpc) is 2.63. The third-order valence-corrected chi connectivity index (χ3v) is 3.30. The van der Waals surface area contributed by atoms with Crippen LogP contribution >= 0.6 is 0 Å². The molecule has 0 fully saturated rings. The zero-order valence-corrected chi connectivity index (χ0v) is 12.6. The van der Waals surface area contributed by atoms with Gasteiger partial charge in [0.15, 0.2) is 11.2 Å². The molecular formula is C13H21N5O2. The summed E-state index contributed by atoms with van der Waals surface area (Å²) in [6.07, 6.45) is 0. The number of aryl methyl sites for hydroxylation is 2. The standard InChI is InChI=1S/C13H21N5O2/c1-6-17-10-9(11(19)16(5)12(17)20)18(8(2)15-10)7-13(3,4)14/h6-7,14H2,1-5H3. The number of aromatic nitrogens is 4. The van der Waals surface area contributed by atoms with Gasteiger partial charge in [-0.05, 0) is 27.7 Å². The van der Waals surface area contributed by atoms with Gasteiger partial charge in [-0.2, -0.15) is 0 Å². The highest BCUT2D eigenvalue weighted by molar-refractivity contribution is 5.71. The van der Waals surface area contributed by atoms with Crippen LogP contribution in [0.15, 0.2) is 9.59 Å². The van der Waals surface area contributed by atoms with Crippen LogP contribution in [0.25, 0.3) is 11.2 Å². The normalized spacial score (nSPS) is 12.3. The zero-order chi connectivity index (χ0) is 15.2. The first kappa shape index (κ1) is 14.5. The van der Waals surface area contributed by atoms with Crippen LogP contribution in [0.3, 0.4) is 0 Å². The highest BCUT2D eigenvalue weighted by Crippen LogP contribution is 2.14. The predicted octanol–water partition coefficient (Wildman–Crippen LogP) is -0.0377. The van der Waals surface area contributed by atoms with Crippen molar-refractivity contribution in [1.29, 1.82) is 0 Å². The van der Waals surface area contributed by atoms with E-state index in [2.05, 4.69) is 4.98 Å². The highest BCUT2D eigenvalue weighted by atomic mass is 16.2. The molecule has 0 aliphatic carbocycles. The van der Waals surface area contributed by atoms with E-state index < -0.39 is 5.54 Å². The SMILES string of the molecule is CCn1c(=O)n(C)c(=O)c2c1nc(C)n2CC(C)(C)N. The largest absolute Gasteiger partial charge is 0.332 e. The maximum Gasteiger partial charge on any atom is 0.332 e. The molecule has 2 heterocycles. The molecule has 0 atom stereocenters. The van der Waals surface area contributed by atoms with Crippen LogP contribution in [0.2, 0.25) is 0 Å². The van der Waals surface area contributed by atoms with Crippen molar-refractivity contribution in [1.82, 2.24) is 18.7 Å². The van der Waals surface area contributed by atoms with Crippen molar-refractivity contribution in [3.05, 3.63) is 26.7 Å². The number of hydrogen-bond acceptors (Lipinski definition) is 4. The van der Waals surface area contributed by atoms with Gasteiger partial charge in [0, 0.05) is 25.7 Å². The van der Waals surface area contributed by atoms with Crippen LogP contribution in [0.1, 0.15) is 26.6 Å². The topological polar surface area (TPSA) is 87.8 Å². The zero-order valence-electron chi connectivity index (χ0n) is 12.6. The summed E-state index contributed by atoms with van der Waals surface area (Å²) in [4.78, 5) is 28.9. The number of rotatable bonds is 3. The quantitative estimate of drug-likeness (QED) is 0.854. The smallest absolute Gasteiger partial charge is 0.324 e. The lowest BCUT2D eigenvalue weighted by Crippen LogP contribution is -2.41. The number of nitrogens with two attached hydrogens (primary N) is 1. The Labute approximate surface area is 116 Å². The number of fused-ring (bicyclic) bond motifs is 1. The Balaban J connectivity index is 2.93. The Kier molecular flexibility index (Phi) is 3.33. The average molecular weight is 279 g/mol. The van der Waals surface area contributed by atoms with E-state index in [9.17, 15) is 9.59 Å². The molecule has 2 N–H and O–H groups in total. The Morgan fingerprint density at radius 3 is 2.35 bits per heavy atom. The Morgan fingerprint density at radius 2 is 1.85 bits per heavy atom. The summed E-state index contributed by atoms with van der Waals surface area (Å²) in [6, 6.07) is 0. The molecule has 0 unspecified atom stereocenters. The number of hydrogen-bond donors (Lipinski definition) is 1. The lowest BCUT2D eigenvalue weighted by molar-refractivity contribution is 0.434. The van der Waals surface area contributed by atoms with Gasteiger partial charge in [0.2, 0.25) is 0 Å². The van der Waals surface area contributed by atoms with Gasteiger partial charge in [-0.25, -0.2) is 9.78 Å². The predicted molar refractivity (Wildman–Crippen MR) is 77.9 cm³/mol. The van der Waals surface area contributed by atoms with Crippen molar-refractivity contribution in [3.63, 3.8) is 0 Å². The Morgan fingerprint density at radius 1 is 1.25 bits per heavy atom. The van der Waals surface area contributed by atoms with E-state index in [1.807, 2.05) is 27.7 Å². The molecule has 0 spiro atoms. The minimum Gasteiger partial charge on any atom is -0.324 e. The first-order valence-electron chi connectivity index (χ1n) is 6.63. The van der Waals surface area contributed by atoms with Gasteiger partial charge in [-0.15, -0.1) is 0 Å². The molecule has 0 radical (unpaired) electrons. The molecule has 0 saturated carbocycles. The summed E-state index contributed by atoms with van der Waals surface area (Å²) in [5.41, 5.74) is 5.76. The van der Waals surface area contributed by atoms with E-state index in [0.717, 1.165) is 4.57 Å². The van der Waals surface area contributed by atoms with Crippen LogP contribution in [-0.2, 0) is 20.1 Å². The second-order valence-electron chi connectivity index (χ2n) is 5.80. The molecule has 0 amide bonds. The van der Waals surface area contributed by atoms with Gasteiger partial charge in [0.1, 0.15) is 5.82 Å². The minimum atomic E-state index is -0.476. The molecule has 7 heteroatoms. The molecule has 110 valence electrons. The summed E-state index contributed by atoms with van der Waals surface area (Å²) in [5, 5.41) is 0. The molecule has 2 aromatic heterocycles. The summed E-state index contributed by atoms with van der Waals surface area (Å²) in [6.45, 7) is 8.37. The molecule has 0 aliphatic heterocycles. The molecule has 0 bridgehead atoms. The fraction of sp³-hybridized carbons (Fsp3) is 0.615. The van der Waals surface area contributed by atoms with E-state index >= 15 is 0 Å². The van der Waals surface area contributed by atoms with Gasteiger partial charge in [0.25, 0.3) is 5.56 Å². The van der Waals surface area contributed by atoms with E-state index in [1.54, 1.807) is 4.57 Å². The summed E-state index contributed by atoms with van der Waals surface area (Å²) in [7, 11) is 1.48. The summed E-state index contributed by atoms with van der Waals surface area (Å²) < 4.78 is 4.42. The van der Waals surface area contributed by atoms with Gasteiger partial charge < -0.3 is 10.3 Å². The summed E-state index contributed by atoms with van der Waals surface area (Å²) in [5.74, 6) is 0.684. The van der Waals surface area contributed by atoms with Gasteiger partial charge in [0.05, 0.1) is 0 Å². The van der Waals surface area contributed by atoms with Crippen LogP contribution in [0, 0.1) is 6.92 Å². The molecular weight excluding hydrogens is 258 g/mol. The van der Waals surface area contributed by atoms with Crippen molar-refractivity contribution in [3.8, 4) is 0 Å². The highest BCUT2D eigenvalue weighted by Gasteiger charge is 2.21. The van der Waals surface area contributed by atoms with Crippen molar-refractivity contribution in [2.75, 3.05) is 0 Å². The fourth-order valence-corrected chi connectivity index (χ4v) is 2.35. The lowest BCUT2D eigenvalue weighted by Gasteiger charge is -2.20. The van der Waals surface area contributed by atoms with Crippen LogP contribution in [0.5, 0.6) is 0 Å². The van der Waals surface area contributed by atoms with Crippen LogP contribution in [0.4, 0.5) is 0 Å². The maximum absolute atomic E-state index is 12.4. The number of imidazole rings is 1. The van der Waals surface area contributed by atoms with E-state index in [4.69, 9.17) is 5.73 Å². The van der Waals surface area contributed by atoms with Crippen molar-refractivity contribution < 1.29 is 0 Å². The molecule has 0 aromatic carbocycles. The second-order valence-corrected chi connectivity index (χ2v) is 5.80. The molecule has 2 rings (SSSR count). The molecule has 0 aliphatic rings. The first-order valence-corrected chi connectivity index (χ1v) is 6.63. The number of nitrogens with zero attached hydrogens (tertiary/aromatic N) is 4. The maximum atomic E-state index is 12.4. The van der Waals surface area contributed by atoms with E-state index in [-0.39, 0.29) is 11.2 Å². The molecule has 20 heavy (non-hydrogen) atoms. The summed E-state index contributed by atoms with van der Waals surface area (Å²) >= 11 is 0. The van der Waals surface area contributed by atoms with E-state index in [0.29, 0.717) is 30.1 Å². The van der Waals surface area contributed by atoms with Crippen molar-refractivity contribution in [2.45, 2.75) is 46.3 Å². The molecule has 0 saturated heterocycles. The van der Waals surface area contributed by atoms with Crippen LogP contribution < -0.4 is 17.0 Å². The Bertz CT molecular complexity index is 773. The fourth-order valence-electron chi connectivity index (χ4n) is 2.35. The first-order chi connectivity index (χ1) is 9.17. The van der Waals surface area contributed by atoms with Gasteiger partial charge >= 0.3 is 5.69 Å². The third-order valence-electron chi connectivity index (χ3n) is 3.30. The molecule has 7 nitrogen and oxygen atoms in total. The van der Waals surface area contributed by atoms with E-state index in [1.165, 1.54) is 11.6 Å². The van der Waals surface area contributed by atoms with Crippen LogP contribution in [-0.4, -0.2) is 24.2 Å². The monoisotopic (exact) mass is 279 g/mol. The third kappa shape index (κ3) is 2.18. The van der Waals surface area contributed by atoms with Gasteiger partial charge in [-0.3, -0.25) is 13.9 Å². The van der Waals surface area contributed by atoms with Crippen molar-refractivity contribution in [2.24, 2.45) is 12.8 Å². The minimum absolute atomic E-state index is 0.334. The van der Waals surface area contributed by atoms with Crippen molar-refractivity contribution >= 4 is 11.2 Å². The lowest BCUT2D eigenvalue weighted by atomic mass is 10.1. The van der Waals surface area contributed by atoms with Gasteiger partial charge in [-0.1, -0.05) is 0 Å².